The molecule has 0 aliphatic carbocycles. The Morgan fingerprint density at radius 3 is 1.84 bits per heavy atom. The van der Waals surface area contributed by atoms with E-state index < -0.39 is 5.97 Å². The van der Waals surface area contributed by atoms with Crippen LogP contribution in [-0.2, 0) is 9.53 Å². The van der Waals surface area contributed by atoms with Crippen molar-refractivity contribution in [2.24, 2.45) is 0 Å². The van der Waals surface area contributed by atoms with Gasteiger partial charge < -0.3 is 19.1 Å². The SMILES string of the molecule is C=CC(=O)OC(C)C(C)c1ccc(-c2ccc(N(c3ccc(OC)cc3)c3cccc(OC)c3)cc2)cc1. The van der Waals surface area contributed by atoms with Gasteiger partial charge in [-0.25, -0.2) is 4.79 Å². The molecule has 194 valence electrons. The molecule has 4 aromatic carbocycles. The van der Waals surface area contributed by atoms with Gasteiger partial charge in [-0.3, -0.25) is 0 Å². The summed E-state index contributed by atoms with van der Waals surface area (Å²) < 4.78 is 16.2. The molecule has 0 radical (unpaired) electrons. The first-order valence-electron chi connectivity index (χ1n) is 12.5. The Kier molecular flexibility index (Phi) is 8.49. The highest BCUT2D eigenvalue weighted by Crippen LogP contribution is 2.37. The fraction of sp³-hybridized carbons (Fsp3) is 0.182. The smallest absolute Gasteiger partial charge is 0.330 e. The summed E-state index contributed by atoms with van der Waals surface area (Å²) in [5.41, 5.74) is 6.36. The van der Waals surface area contributed by atoms with Crippen molar-refractivity contribution in [2.45, 2.75) is 25.9 Å². The maximum absolute atomic E-state index is 11.6. The molecule has 0 aromatic heterocycles. The van der Waals surface area contributed by atoms with Crippen LogP contribution >= 0.6 is 0 Å². The monoisotopic (exact) mass is 507 g/mol. The van der Waals surface area contributed by atoms with Gasteiger partial charge in [-0.05, 0) is 72.1 Å². The third kappa shape index (κ3) is 6.06. The van der Waals surface area contributed by atoms with Crippen molar-refractivity contribution in [3.05, 3.63) is 115 Å². The van der Waals surface area contributed by atoms with Crippen molar-refractivity contribution < 1.29 is 19.0 Å². The van der Waals surface area contributed by atoms with E-state index in [0.717, 1.165) is 45.3 Å². The molecule has 4 rings (SSSR count). The van der Waals surface area contributed by atoms with E-state index in [4.69, 9.17) is 14.2 Å². The van der Waals surface area contributed by atoms with Crippen LogP contribution in [0.2, 0.25) is 0 Å². The summed E-state index contributed by atoms with van der Waals surface area (Å²) in [4.78, 5) is 13.7. The van der Waals surface area contributed by atoms with Crippen molar-refractivity contribution in [1.82, 2.24) is 0 Å². The van der Waals surface area contributed by atoms with Gasteiger partial charge in [0, 0.05) is 35.1 Å². The number of benzene rings is 4. The summed E-state index contributed by atoms with van der Waals surface area (Å²) in [6.07, 6.45) is 0.950. The second-order valence-electron chi connectivity index (χ2n) is 9.04. The van der Waals surface area contributed by atoms with Gasteiger partial charge in [0.15, 0.2) is 0 Å². The molecule has 2 atom stereocenters. The Labute approximate surface area is 224 Å². The van der Waals surface area contributed by atoms with E-state index in [1.54, 1.807) is 14.2 Å². The van der Waals surface area contributed by atoms with Gasteiger partial charge in [0.05, 0.1) is 14.2 Å². The van der Waals surface area contributed by atoms with E-state index in [0.29, 0.717) is 0 Å². The topological polar surface area (TPSA) is 48.0 Å². The summed E-state index contributed by atoms with van der Waals surface area (Å²) in [5, 5.41) is 0. The zero-order valence-corrected chi connectivity index (χ0v) is 22.3. The highest BCUT2D eigenvalue weighted by molar-refractivity contribution is 5.81. The molecule has 2 unspecified atom stereocenters. The van der Waals surface area contributed by atoms with E-state index in [9.17, 15) is 4.79 Å². The highest BCUT2D eigenvalue weighted by Gasteiger charge is 2.18. The molecule has 4 aromatic rings. The summed E-state index contributed by atoms with van der Waals surface area (Å²) in [7, 11) is 3.34. The number of anilines is 3. The number of hydrogen-bond acceptors (Lipinski definition) is 5. The molecule has 0 heterocycles. The normalized spacial score (nSPS) is 12.2. The van der Waals surface area contributed by atoms with Gasteiger partial charge >= 0.3 is 5.97 Å². The van der Waals surface area contributed by atoms with Gasteiger partial charge in [-0.1, -0.05) is 56.0 Å². The summed E-state index contributed by atoms with van der Waals surface area (Å²) in [5.74, 6) is 1.26. The Morgan fingerprint density at radius 2 is 1.29 bits per heavy atom. The van der Waals surface area contributed by atoms with Crippen LogP contribution in [0.3, 0.4) is 0 Å². The second kappa shape index (κ2) is 12.2. The van der Waals surface area contributed by atoms with Gasteiger partial charge in [-0.15, -0.1) is 0 Å². The van der Waals surface area contributed by atoms with Crippen LogP contribution in [0.1, 0.15) is 25.3 Å². The lowest BCUT2D eigenvalue weighted by Gasteiger charge is -2.26. The number of carbonyl (C=O) groups is 1. The molecule has 0 aliphatic rings. The van der Waals surface area contributed by atoms with E-state index in [1.807, 2.05) is 49.4 Å². The summed E-state index contributed by atoms with van der Waals surface area (Å²) in [6, 6.07) is 32.9. The third-order valence-corrected chi connectivity index (χ3v) is 6.71. The standard InChI is InChI=1S/C33H33NO4/c1-6-33(35)38-24(3)23(2)25-10-12-26(13-11-25)27-14-16-28(17-15-27)34(29-18-20-31(36-4)21-19-29)30-8-7-9-32(22-30)37-5/h6-24H,1H2,2-5H3. The largest absolute Gasteiger partial charge is 0.497 e. The van der Waals surface area contributed by atoms with Gasteiger partial charge in [0.25, 0.3) is 0 Å². The highest BCUT2D eigenvalue weighted by atomic mass is 16.5. The molecule has 0 bridgehead atoms. The van der Waals surface area contributed by atoms with Crippen LogP contribution in [0, 0.1) is 0 Å². The van der Waals surface area contributed by atoms with Crippen LogP contribution in [0.5, 0.6) is 11.5 Å². The van der Waals surface area contributed by atoms with Crippen LogP contribution in [0.4, 0.5) is 17.1 Å². The Morgan fingerprint density at radius 1 is 0.737 bits per heavy atom. The fourth-order valence-corrected chi connectivity index (χ4v) is 4.31. The molecule has 0 N–H and O–H groups in total. The molecule has 0 saturated heterocycles. The number of carbonyl (C=O) groups excluding carboxylic acids is 1. The number of esters is 1. The first-order chi connectivity index (χ1) is 18.4. The fourth-order valence-electron chi connectivity index (χ4n) is 4.31. The van der Waals surface area contributed by atoms with Crippen molar-refractivity contribution in [3.63, 3.8) is 0 Å². The minimum atomic E-state index is -0.404. The minimum absolute atomic E-state index is 0.0660. The van der Waals surface area contributed by atoms with Crippen LogP contribution in [0.25, 0.3) is 11.1 Å². The third-order valence-electron chi connectivity index (χ3n) is 6.71. The van der Waals surface area contributed by atoms with Crippen molar-refractivity contribution >= 4 is 23.0 Å². The summed E-state index contributed by atoms with van der Waals surface area (Å²) >= 11 is 0. The molecule has 5 nitrogen and oxygen atoms in total. The van der Waals surface area contributed by atoms with E-state index >= 15 is 0 Å². The number of nitrogens with zero attached hydrogens (tertiary/aromatic N) is 1. The first-order valence-corrected chi connectivity index (χ1v) is 12.5. The average molecular weight is 508 g/mol. The van der Waals surface area contributed by atoms with Crippen molar-refractivity contribution in [1.29, 1.82) is 0 Å². The maximum Gasteiger partial charge on any atom is 0.330 e. The number of methoxy groups -OCH3 is 2. The Balaban J connectivity index is 1.60. The van der Waals surface area contributed by atoms with Crippen LogP contribution < -0.4 is 14.4 Å². The quantitative estimate of drug-likeness (QED) is 0.160. The molecule has 0 amide bonds. The lowest BCUT2D eigenvalue weighted by molar-refractivity contribution is -0.143. The lowest BCUT2D eigenvalue weighted by atomic mass is 9.94. The summed E-state index contributed by atoms with van der Waals surface area (Å²) in [6.45, 7) is 7.42. The second-order valence-corrected chi connectivity index (χ2v) is 9.04. The molecule has 38 heavy (non-hydrogen) atoms. The number of ether oxygens (including phenoxy) is 3. The number of rotatable bonds is 10. The van der Waals surface area contributed by atoms with E-state index in [-0.39, 0.29) is 12.0 Å². The molecule has 0 saturated carbocycles. The van der Waals surface area contributed by atoms with Crippen LogP contribution in [-0.4, -0.2) is 26.3 Å². The van der Waals surface area contributed by atoms with Crippen LogP contribution in [0.15, 0.2) is 110 Å². The Hall–Kier alpha value is -4.51. The maximum atomic E-state index is 11.6. The molecule has 0 fully saturated rings. The van der Waals surface area contributed by atoms with Gasteiger partial charge in [0.2, 0.25) is 0 Å². The first kappa shape index (κ1) is 26.6. The average Bonchev–Trinajstić information content (AvgIpc) is 2.97. The zero-order chi connectivity index (χ0) is 27.1. The predicted octanol–water partition coefficient (Wildman–Crippen LogP) is 8.06. The zero-order valence-electron chi connectivity index (χ0n) is 22.3. The van der Waals surface area contributed by atoms with Crippen molar-refractivity contribution in [2.75, 3.05) is 19.1 Å². The van der Waals surface area contributed by atoms with Crippen molar-refractivity contribution in [3.8, 4) is 22.6 Å². The molecular formula is C33H33NO4. The minimum Gasteiger partial charge on any atom is -0.497 e. The van der Waals surface area contributed by atoms with E-state index in [1.165, 1.54) is 6.08 Å². The van der Waals surface area contributed by atoms with E-state index in [2.05, 4.69) is 73.0 Å². The lowest BCUT2D eigenvalue weighted by Crippen LogP contribution is -2.19. The molecule has 5 heteroatoms. The number of hydrogen-bond donors (Lipinski definition) is 0. The molecular weight excluding hydrogens is 474 g/mol. The van der Waals surface area contributed by atoms with Gasteiger partial charge in [0.1, 0.15) is 17.6 Å². The predicted molar refractivity (Wildman–Crippen MR) is 154 cm³/mol. The molecule has 0 spiro atoms. The van der Waals surface area contributed by atoms with Gasteiger partial charge in [-0.2, -0.15) is 0 Å². The Bertz CT molecular complexity index is 1360. The molecule has 0 aliphatic heterocycles.